The maximum absolute atomic E-state index is 13.4. The maximum Gasteiger partial charge on any atom is 0.198 e. The lowest BCUT2D eigenvalue weighted by Gasteiger charge is -2.29. The molecule has 0 aliphatic carbocycles. The average Bonchev–Trinajstić information content (AvgIpc) is 2.86. The fourth-order valence-electron chi connectivity index (χ4n) is 2.18. The normalized spacial score (nSPS) is 17.9. The van der Waals surface area contributed by atoms with E-state index in [-0.39, 0.29) is 12.4 Å². The Hall–Kier alpha value is -1.17. The molecule has 1 aromatic rings. The Morgan fingerprint density at radius 1 is 1.39 bits per heavy atom. The second-order valence-electron chi connectivity index (χ2n) is 4.12. The van der Waals surface area contributed by atoms with E-state index < -0.39 is 5.79 Å². The minimum absolute atomic E-state index is 0.0338. The van der Waals surface area contributed by atoms with Crippen molar-refractivity contribution in [3.8, 4) is 5.75 Å². The molecule has 0 saturated carbocycles. The number of rotatable bonds is 5. The van der Waals surface area contributed by atoms with Crippen LogP contribution in [0, 0.1) is 5.82 Å². The summed E-state index contributed by atoms with van der Waals surface area (Å²) in [4.78, 5) is 0. The van der Waals surface area contributed by atoms with Crippen molar-refractivity contribution in [2.45, 2.75) is 18.6 Å². The van der Waals surface area contributed by atoms with Gasteiger partial charge in [-0.15, -0.1) is 0 Å². The van der Waals surface area contributed by atoms with Crippen molar-refractivity contribution < 1.29 is 23.7 Å². The largest absolute Gasteiger partial charge is 0.496 e. The summed E-state index contributed by atoms with van der Waals surface area (Å²) in [5.41, 5.74) is 0.538. The van der Waals surface area contributed by atoms with Crippen molar-refractivity contribution >= 4 is 0 Å². The highest BCUT2D eigenvalue weighted by atomic mass is 19.1. The minimum Gasteiger partial charge on any atom is -0.496 e. The van der Waals surface area contributed by atoms with E-state index in [0.717, 1.165) is 0 Å². The van der Waals surface area contributed by atoms with Crippen molar-refractivity contribution in [3.63, 3.8) is 0 Å². The number of halogens is 1. The molecule has 5 heteroatoms. The summed E-state index contributed by atoms with van der Waals surface area (Å²) in [5.74, 6) is -0.847. The zero-order valence-electron chi connectivity index (χ0n) is 10.3. The molecule has 1 heterocycles. The molecule has 0 bridgehead atoms. The van der Waals surface area contributed by atoms with Gasteiger partial charge in [-0.1, -0.05) is 0 Å². The summed E-state index contributed by atoms with van der Waals surface area (Å²) in [5, 5.41) is 8.95. The summed E-state index contributed by atoms with van der Waals surface area (Å²) in [6, 6.07) is 4.24. The molecule has 0 aromatic heterocycles. The molecule has 1 aliphatic heterocycles. The third-order valence-corrected chi connectivity index (χ3v) is 2.99. The Morgan fingerprint density at radius 2 is 2.11 bits per heavy atom. The molecule has 1 aromatic carbocycles. The number of aliphatic hydroxyl groups excluding tert-OH is 1. The first kappa shape index (κ1) is 13.3. The number of hydrogen-bond acceptors (Lipinski definition) is 4. The van der Waals surface area contributed by atoms with Gasteiger partial charge in [0.1, 0.15) is 11.6 Å². The quantitative estimate of drug-likeness (QED) is 0.872. The first-order valence-corrected chi connectivity index (χ1v) is 5.94. The molecule has 1 aliphatic rings. The summed E-state index contributed by atoms with van der Waals surface area (Å²) in [6.07, 6.45) is 0.975. The summed E-state index contributed by atoms with van der Waals surface area (Å²) < 4.78 is 29.9. The molecule has 0 spiro atoms. The SMILES string of the molecule is COc1ccc(F)cc1C1(CCCO)OCCO1. The van der Waals surface area contributed by atoms with Gasteiger partial charge in [0.05, 0.1) is 25.9 Å². The van der Waals surface area contributed by atoms with Crippen LogP contribution in [0.5, 0.6) is 5.75 Å². The van der Waals surface area contributed by atoms with Crippen molar-refractivity contribution in [3.05, 3.63) is 29.6 Å². The monoisotopic (exact) mass is 256 g/mol. The zero-order valence-corrected chi connectivity index (χ0v) is 10.3. The van der Waals surface area contributed by atoms with Gasteiger partial charge in [0.25, 0.3) is 0 Å². The van der Waals surface area contributed by atoms with E-state index in [0.29, 0.717) is 37.4 Å². The molecular weight excluding hydrogens is 239 g/mol. The molecule has 1 N–H and O–H groups in total. The van der Waals surface area contributed by atoms with Crippen LogP contribution >= 0.6 is 0 Å². The summed E-state index contributed by atoms with van der Waals surface area (Å²) in [6.45, 7) is 0.933. The highest BCUT2D eigenvalue weighted by Crippen LogP contribution is 2.40. The molecule has 100 valence electrons. The Labute approximate surface area is 105 Å². The smallest absolute Gasteiger partial charge is 0.198 e. The van der Waals surface area contributed by atoms with Crippen LogP contribution in [-0.2, 0) is 15.3 Å². The van der Waals surface area contributed by atoms with E-state index in [1.54, 1.807) is 6.07 Å². The van der Waals surface area contributed by atoms with E-state index in [1.165, 1.54) is 19.2 Å². The fraction of sp³-hybridized carbons (Fsp3) is 0.538. The second-order valence-corrected chi connectivity index (χ2v) is 4.12. The van der Waals surface area contributed by atoms with E-state index >= 15 is 0 Å². The summed E-state index contributed by atoms with van der Waals surface area (Å²) in [7, 11) is 1.52. The van der Waals surface area contributed by atoms with Gasteiger partial charge in [0, 0.05) is 13.0 Å². The number of hydrogen-bond donors (Lipinski definition) is 1. The molecule has 0 atom stereocenters. The predicted octanol–water partition coefficient (Wildman–Crippen LogP) is 1.81. The van der Waals surface area contributed by atoms with Crippen LogP contribution in [0.15, 0.2) is 18.2 Å². The number of ether oxygens (including phenoxy) is 3. The van der Waals surface area contributed by atoms with Gasteiger partial charge in [-0.25, -0.2) is 4.39 Å². The summed E-state index contributed by atoms with van der Waals surface area (Å²) >= 11 is 0. The second kappa shape index (κ2) is 5.65. The van der Waals surface area contributed by atoms with Crippen LogP contribution in [0.25, 0.3) is 0 Å². The Kier molecular flexibility index (Phi) is 4.16. The van der Waals surface area contributed by atoms with Gasteiger partial charge in [-0.3, -0.25) is 0 Å². The highest BCUT2D eigenvalue weighted by molar-refractivity contribution is 5.37. The molecule has 0 unspecified atom stereocenters. The third kappa shape index (κ3) is 2.48. The molecule has 18 heavy (non-hydrogen) atoms. The van der Waals surface area contributed by atoms with Crippen LogP contribution < -0.4 is 4.74 Å². The Morgan fingerprint density at radius 3 is 2.72 bits per heavy atom. The molecule has 2 rings (SSSR count). The fourth-order valence-corrected chi connectivity index (χ4v) is 2.18. The molecule has 0 radical (unpaired) electrons. The van der Waals surface area contributed by atoms with E-state index in [1.807, 2.05) is 0 Å². The topological polar surface area (TPSA) is 47.9 Å². The third-order valence-electron chi connectivity index (χ3n) is 2.99. The van der Waals surface area contributed by atoms with Gasteiger partial charge in [0.15, 0.2) is 5.79 Å². The van der Waals surface area contributed by atoms with Gasteiger partial charge < -0.3 is 19.3 Å². The van der Waals surface area contributed by atoms with E-state index in [2.05, 4.69) is 0 Å². The maximum atomic E-state index is 13.4. The lowest BCUT2D eigenvalue weighted by atomic mass is 9.99. The zero-order chi connectivity index (χ0) is 13.0. The first-order valence-electron chi connectivity index (χ1n) is 5.94. The highest BCUT2D eigenvalue weighted by Gasteiger charge is 2.40. The number of aliphatic hydroxyl groups is 1. The van der Waals surface area contributed by atoms with Crippen LogP contribution in [0.4, 0.5) is 4.39 Å². The molecule has 0 amide bonds. The molecule has 4 nitrogen and oxygen atoms in total. The predicted molar refractivity (Wildman–Crippen MR) is 62.9 cm³/mol. The minimum atomic E-state index is -1.00. The number of methoxy groups -OCH3 is 1. The van der Waals surface area contributed by atoms with Gasteiger partial charge in [-0.05, 0) is 24.6 Å². The average molecular weight is 256 g/mol. The Bertz CT molecular complexity index is 402. The van der Waals surface area contributed by atoms with Crippen molar-refractivity contribution in [2.75, 3.05) is 26.9 Å². The van der Waals surface area contributed by atoms with Crippen molar-refractivity contribution in [2.24, 2.45) is 0 Å². The van der Waals surface area contributed by atoms with Gasteiger partial charge in [0.2, 0.25) is 0 Å². The van der Waals surface area contributed by atoms with Crippen LogP contribution in [0.1, 0.15) is 18.4 Å². The van der Waals surface area contributed by atoms with E-state index in [9.17, 15) is 4.39 Å². The lowest BCUT2D eigenvalue weighted by molar-refractivity contribution is -0.173. The molecule has 1 saturated heterocycles. The first-order chi connectivity index (χ1) is 8.72. The van der Waals surface area contributed by atoms with Crippen LogP contribution in [0.2, 0.25) is 0 Å². The standard InChI is InChI=1S/C13H17FO4/c1-16-12-4-3-10(14)9-11(12)13(5-2-6-15)17-7-8-18-13/h3-4,9,15H,2,5-8H2,1H3. The number of benzene rings is 1. The molecular formula is C13H17FO4. The van der Waals surface area contributed by atoms with Crippen LogP contribution in [-0.4, -0.2) is 32.0 Å². The van der Waals surface area contributed by atoms with Gasteiger partial charge >= 0.3 is 0 Å². The van der Waals surface area contributed by atoms with Gasteiger partial charge in [-0.2, -0.15) is 0 Å². The lowest BCUT2D eigenvalue weighted by Crippen LogP contribution is -2.28. The van der Waals surface area contributed by atoms with Crippen LogP contribution in [0.3, 0.4) is 0 Å². The van der Waals surface area contributed by atoms with Crippen molar-refractivity contribution in [1.82, 2.24) is 0 Å². The van der Waals surface area contributed by atoms with E-state index in [4.69, 9.17) is 19.3 Å². The molecule has 1 fully saturated rings. The van der Waals surface area contributed by atoms with Crippen molar-refractivity contribution in [1.29, 1.82) is 0 Å². The Balaban J connectivity index is 2.38.